The molecule has 0 heterocycles. The summed E-state index contributed by atoms with van der Waals surface area (Å²) >= 11 is 1.46. The summed E-state index contributed by atoms with van der Waals surface area (Å²) in [6.45, 7) is 1.90. The third kappa shape index (κ3) is 3.78. The molecule has 4 heteroatoms. The largest absolute Gasteiger partial charge is 0.323 e. The zero-order chi connectivity index (χ0) is 13.8. The molecule has 0 aliphatic heterocycles. The molecule has 0 aromatic heterocycles. The van der Waals surface area contributed by atoms with Crippen LogP contribution in [0, 0.1) is 18.6 Å². The summed E-state index contributed by atoms with van der Waals surface area (Å²) in [6.07, 6.45) is 0. The smallest absolute Gasteiger partial charge is 0.124 e. The van der Waals surface area contributed by atoms with Crippen LogP contribution in [0.4, 0.5) is 8.78 Å². The normalized spacial score (nSPS) is 12.4. The average molecular weight is 279 g/mol. The van der Waals surface area contributed by atoms with Crippen LogP contribution in [0.2, 0.25) is 0 Å². The van der Waals surface area contributed by atoms with Crippen molar-refractivity contribution in [3.63, 3.8) is 0 Å². The Balaban J connectivity index is 2.05. The second-order valence-electron chi connectivity index (χ2n) is 4.38. The molecule has 0 aliphatic carbocycles. The molecule has 2 aromatic rings. The Morgan fingerprint density at radius 3 is 2.58 bits per heavy atom. The Kier molecular flexibility index (Phi) is 4.56. The van der Waals surface area contributed by atoms with E-state index in [0.717, 1.165) is 16.0 Å². The average Bonchev–Trinajstić information content (AvgIpc) is 2.39. The lowest BCUT2D eigenvalue weighted by Crippen LogP contribution is -2.14. The highest BCUT2D eigenvalue weighted by atomic mass is 32.2. The third-order valence-corrected chi connectivity index (χ3v) is 3.98. The molecule has 0 spiro atoms. The highest BCUT2D eigenvalue weighted by Crippen LogP contribution is 2.25. The van der Waals surface area contributed by atoms with Crippen LogP contribution in [0.15, 0.2) is 47.4 Å². The molecule has 0 bridgehead atoms. The van der Waals surface area contributed by atoms with Gasteiger partial charge in [-0.25, -0.2) is 8.78 Å². The summed E-state index contributed by atoms with van der Waals surface area (Å²) in [5, 5.41) is 0. The minimum Gasteiger partial charge on any atom is -0.323 e. The predicted octanol–water partition coefficient (Wildman–Crippen LogP) is 4.07. The molecular weight excluding hydrogens is 264 g/mol. The van der Waals surface area contributed by atoms with Gasteiger partial charge < -0.3 is 5.73 Å². The van der Waals surface area contributed by atoms with Gasteiger partial charge in [0, 0.05) is 16.7 Å². The number of hydrogen-bond acceptors (Lipinski definition) is 2. The maximum absolute atomic E-state index is 13.2. The number of hydrogen-bond donors (Lipinski definition) is 1. The lowest BCUT2D eigenvalue weighted by Gasteiger charge is -2.14. The summed E-state index contributed by atoms with van der Waals surface area (Å²) in [4.78, 5) is 0.824. The molecule has 1 unspecified atom stereocenters. The number of thioether (sulfide) groups is 1. The molecule has 1 atom stereocenters. The fraction of sp³-hybridized carbons (Fsp3) is 0.200. The van der Waals surface area contributed by atoms with E-state index in [1.54, 1.807) is 12.1 Å². The molecule has 0 aliphatic rings. The van der Waals surface area contributed by atoms with Crippen molar-refractivity contribution in [1.82, 2.24) is 0 Å². The molecule has 0 saturated heterocycles. The van der Waals surface area contributed by atoms with Gasteiger partial charge in [0.15, 0.2) is 0 Å². The Morgan fingerprint density at radius 2 is 1.84 bits per heavy atom. The number of aryl methyl sites for hydroxylation is 1. The zero-order valence-electron chi connectivity index (χ0n) is 10.6. The van der Waals surface area contributed by atoms with Crippen LogP contribution in [0.25, 0.3) is 0 Å². The van der Waals surface area contributed by atoms with E-state index in [2.05, 4.69) is 0 Å². The van der Waals surface area contributed by atoms with Gasteiger partial charge in [0.2, 0.25) is 0 Å². The van der Waals surface area contributed by atoms with Crippen LogP contribution in [-0.2, 0) is 0 Å². The molecule has 19 heavy (non-hydrogen) atoms. The van der Waals surface area contributed by atoms with Crippen molar-refractivity contribution in [3.8, 4) is 0 Å². The van der Waals surface area contributed by atoms with E-state index in [4.69, 9.17) is 5.73 Å². The summed E-state index contributed by atoms with van der Waals surface area (Å²) in [6, 6.07) is 10.7. The summed E-state index contributed by atoms with van der Waals surface area (Å²) in [5.74, 6) is 0.0283. The first-order valence-corrected chi connectivity index (χ1v) is 6.95. The number of benzene rings is 2. The third-order valence-electron chi connectivity index (χ3n) is 2.87. The monoisotopic (exact) mass is 279 g/mol. The number of nitrogens with two attached hydrogens (primary N) is 1. The molecule has 2 aromatic carbocycles. The van der Waals surface area contributed by atoms with Crippen LogP contribution >= 0.6 is 11.8 Å². The fourth-order valence-corrected chi connectivity index (χ4v) is 2.77. The molecule has 0 radical (unpaired) electrons. The van der Waals surface area contributed by atoms with Crippen molar-refractivity contribution in [2.24, 2.45) is 5.73 Å². The van der Waals surface area contributed by atoms with Gasteiger partial charge in [0.05, 0.1) is 0 Å². The van der Waals surface area contributed by atoms with Crippen LogP contribution in [-0.4, -0.2) is 5.75 Å². The van der Waals surface area contributed by atoms with Gasteiger partial charge in [-0.1, -0.05) is 12.1 Å². The van der Waals surface area contributed by atoms with Gasteiger partial charge in [-0.2, -0.15) is 0 Å². The molecule has 1 nitrogen and oxygen atoms in total. The SMILES string of the molecule is Cc1ccc(F)cc1C(N)CSc1cccc(F)c1. The van der Waals surface area contributed by atoms with Gasteiger partial charge in [-0.05, 0) is 48.4 Å². The van der Waals surface area contributed by atoms with Crippen molar-refractivity contribution in [1.29, 1.82) is 0 Å². The highest BCUT2D eigenvalue weighted by molar-refractivity contribution is 7.99. The minimum absolute atomic E-state index is 0.263. The molecule has 2 N–H and O–H groups in total. The minimum atomic E-state index is -0.285. The predicted molar refractivity (Wildman–Crippen MR) is 75.2 cm³/mol. The van der Waals surface area contributed by atoms with Crippen LogP contribution < -0.4 is 5.73 Å². The summed E-state index contributed by atoms with van der Waals surface area (Å²) < 4.78 is 26.2. The van der Waals surface area contributed by atoms with Crippen LogP contribution in [0.3, 0.4) is 0 Å². The van der Waals surface area contributed by atoms with E-state index >= 15 is 0 Å². The topological polar surface area (TPSA) is 26.0 Å². The number of rotatable bonds is 4. The van der Waals surface area contributed by atoms with Gasteiger partial charge in [0.1, 0.15) is 11.6 Å². The first-order valence-electron chi connectivity index (χ1n) is 5.96. The van der Waals surface area contributed by atoms with E-state index in [-0.39, 0.29) is 17.7 Å². The molecular formula is C15H15F2NS. The highest BCUT2D eigenvalue weighted by Gasteiger charge is 2.10. The molecule has 0 amide bonds. The second kappa shape index (κ2) is 6.17. The standard InChI is InChI=1S/C15H15F2NS/c1-10-5-6-12(17)8-14(10)15(18)9-19-13-4-2-3-11(16)7-13/h2-8,15H,9,18H2,1H3. The molecule has 0 fully saturated rings. The Labute approximate surface area is 115 Å². The lowest BCUT2D eigenvalue weighted by atomic mass is 10.0. The second-order valence-corrected chi connectivity index (χ2v) is 5.47. The van der Waals surface area contributed by atoms with Crippen molar-refractivity contribution in [2.75, 3.05) is 5.75 Å². The van der Waals surface area contributed by atoms with Gasteiger partial charge in [0.25, 0.3) is 0 Å². The van der Waals surface area contributed by atoms with Crippen LogP contribution in [0.5, 0.6) is 0 Å². The molecule has 0 saturated carbocycles. The van der Waals surface area contributed by atoms with Crippen LogP contribution in [0.1, 0.15) is 17.2 Å². The zero-order valence-corrected chi connectivity index (χ0v) is 11.4. The maximum atomic E-state index is 13.2. The van der Waals surface area contributed by atoms with Gasteiger partial charge >= 0.3 is 0 Å². The van der Waals surface area contributed by atoms with Crippen molar-refractivity contribution in [3.05, 3.63) is 65.2 Å². The first kappa shape index (κ1) is 14.0. The van der Waals surface area contributed by atoms with Crippen molar-refractivity contribution >= 4 is 11.8 Å². The fourth-order valence-electron chi connectivity index (χ4n) is 1.84. The summed E-state index contributed by atoms with van der Waals surface area (Å²) in [5.41, 5.74) is 7.83. The van der Waals surface area contributed by atoms with Crippen molar-refractivity contribution in [2.45, 2.75) is 17.9 Å². The molecule has 2 rings (SSSR count). The van der Waals surface area contributed by atoms with Gasteiger partial charge in [-0.3, -0.25) is 0 Å². The van der Waals surface area contributed by atoms with E-state index < -0.39 is 0 Å². The number of halogens is 2. The Bertz CT molecular complexity index is 572. The quantitative estimate of drug-likeness (QED) is 0.854. The van der Waals surface area contributed by atoms with Gasteiger partial charge in [-0.15, -0.1) is 11.8 Å². The Morgan fingerprint density at radius 1 is 1.11 bits per heavy atom. The first-order chi connectivity index (χ1) is 9.06. The van der Waals surface area contributed by atoms with E-state index in [9.17, 15) is 8.78 Å². The van der Waals surface area contributed by atoms with Crippen molar-refractivity contribution < 1.29 is 8.78 Å². The van der Waals surface area contributed by atoms with E-state index in [1.165, 1.54) is 36.0 Å². The maximum Gasteiger partial charge on any atom is 0.124 e. The van der Waals surface area contributed by atoms with E-state index in [1.807, 2.05) is 13.0 Å². The molecule has 100 valence electrons. The summed E-state index contributed by atoms with van der Waals surface area (Å²) in [7, 11) is 0. The lowest BCUT2D eigenvalue weighted by molar-refractivity contribution is 0.621. The van der Waals surface area contributed by atoms with E-state index in [0.29, 0.717) is 5.75 Å². The Hall–Kier alpha value is -1.39.